The lowest BCUT2D eigenvalue weighted by molar-refractivity contribution is -0.137. The van der Waals surface area contributed by atoms with E-state index >= 15 is 0 Å². The van der Waals surface area contributed by atoms with Crippen molar-refractivity contribution in [3.8, 4) is 16.9 Å². The second-order valence-corrected chi connectivity index (χ2v) is 13.2. The van der Waals surface area contributed by atoms with Crippen LogP contribution in [0.4, 0.5) is 18.9 Å². The number of benzene rings is 3. The number of piperazine rings is 1. The molecule has 3 aromatic carbocycles. The van der Waals surface area contributed by atoms with Crippen LogP contribution >= 0.6 is 0 Å². The first-order valence-corrected chi connectivity index (χ1v) is 14.3. The van der Waals surface area contributed by atoms with E-state index in [9.17, 15) is 36.3 Å². The number of hydrogen-bond donors (Lipinski definition) is 2. The highest BCUT2D eigenvalue weighted by Gasteiger charge is 2.33. The van der Waals surface area contributed by atoms with Crippen molar-refractivity contribution in [2.24, 2.45) is 0 Å². The van der Waals surface area contributed by atoms with Gasteiger partial charge in [-0.1, -0.05) is 12.1 Å². The van der Waals surface area contributed by atoms with Crippen LogP contribution in [0, 0.1) is 0 Å². The number of phenols is 1. The number of nitrogens with one attached hydrogen (secondary N) is 1. The molecule has 0 unspecified atom stereocenters. The zero-order chi connectivity index (χ0) is 30.2. The maximum Gasteiger partial charge on any atom is 0.416 e. The second kappa shape index (κ2) is 11.1. The standard InChI is InChI=1S/C29H30F3N3O5S/c1-28(2,3)41(39,40)33-26(37)19-7-9-24(10-8-19)34-11-13-35(14-12-34)27(38)22-15-21(16-23(17-22)29(30,31)32)20-5-4-6-25(36)18-20/h4-10,15-18,36H,11-14H2,1-3H3,(H,33,37). The summed E-state index contributed by atoms with van der Waals surface area (Å²) in [7, 11) is -3.87. The predicted molar refractivity (Wildman–Crippen MR) is 149 cm³/mol. The Bertz CT molecular complexity index is 1560. The van der Waals surface area contributed by atoms with Crippen LogP contribution in [-0.2, 0) is 16.2 Å². The highest BCUT2D eigenvalue weighted by atomic mass is 32.2. The zero-order valence-electron chi connectivity index (χ0n) is 22.7. The van der Waals surface area contributed by atoms with Crippen LogP contribution in [0.5, 0.6) is 5.75 Å². The van der Waals surface area contributed by atoms with Crippen molar-refractivity contribution in [1.82, 2.24) is 9.62 Å². The number of phenolic OH excluding ortho intramolecular Hbond substituents is 1. The monoisotopic (exact) mass is 589 g/mol. The minimum Gasteiger partial charge on any atom is -0.508 e. The topological polar surface area (TPSA) is 107 Å². The van der Waals surface area contributed by atoms with Crippen molar-refractivity contribution in [2.75, 3.05) is 31.1 Å². The molecule has 0 aliphatic carbocycles. The number of anilines is 1. The SMILES string of the molecule is CC(C)(C)S(=O)(=O)NC(=O)c1ccc(N2CCN(C(=O)c3cc(-c4cccc(O)c4)cc(C(F)(F)F)c3)CC2)cc1. The Hall–Kier alpha value is -4.06. The molecule has 1 aliphatic heterocycles. The number of carbonyl (C=O) groups excluding carboxylic acids is 2. The molecule has 4 rings (SSSR count). The summed E-state index contributed by atoms with van der Waals surface area (Å²) in [4.78, 5) is 29.2. The van der Waals surface area contributed by atoms with E-state index in [1.54, 1.807) is 18.2 Å². The Morgan fingerprint density at radius 2 is 1.46 bits per heavy atom. The molecule has 2 amide bonds. The molecule has 1 aliphatic rings. The van der Waals surface area contributed by atoms with Gasteiger partial charge in [-0.2, -0.15) is 13.2 Å². The van der Waals surface area contributed by atoms with E-state index in [0.29, 0.717) is 18.7 Å². The van der Waals surface area contributed by atoms with Gasteiger partial charge in [-0.05, 0) is 86.5 Å². The van der Waals surface area contributed by atoms with Crippen LogP contribution in [0.1, 0.15) is 47.1 Å². The number of halogens is 3. The largest absolute Gasteiger partial charge is 0.508 e. The van der Waals surface area contributed by atoms with E-state index in [4.69, 9.17) is 0 Å². The Morgan fingerprint density at radius 3 is 2.02 bits per heavy atom. The summed E-state index contributed by atoms with van der Waals surface area (Å²) in [5.41, 5.74) is 0.368. The van der Waals surface area contributed by atoms with E-state index < -0.39 is 38.3 Å². The lowest BCUT2D eigenvalue weighted by atomic mass is 9.98. The van der Waals surface area contributed by atoms with E-state index in [1.807, 2.05) is 4.90 Å². The highest BCUT2D eigenvalue weighted by molar-refractivity contribution is 7.91. The molecule has 8 nitrogen and oxygen atoms in total. The Labute approximate surface area is 236 Å². The van der Waals surface area contributed by atoms with Gasteiger partial charge < -0.3 is 14.9 Å². The number of amides is 2. The molecule has 1 heterocycles. The van der Waals surface area contributed by atoms with Gasteiger partial charge in [0, 0.05) is 43.0 Å². The lowest BCUT2D eigenvalue weighted by Crippen LogP contribution is -2.48. The molecule has 0 saturated carbocycles. The molecular weight excluding hydrogens is 559 g/mol. The first-order chi connectivity index (χ1) is 19.0. The van der Waals surface area contributed by atoms with Crippen molar-refractivity contribution in [1.29, 1.82) is 0 Å². The fourth-order valence-corrected chi connectivity index (χ4v) is 4.94. The van der Waals surface area contributed by atoms with E-state index in [1.165, 1.54) is 62.1 Å². The molecular formula is C29H30F3N3O5S. The second-order valence-electron chi connectivity index (χ2n) is 10.7. The molecule has 0 atom stereocenters. The van der Waals surface area contributed by atoms with Gasteiger partial charge in [0.25, 0.3) is 11.8 Å². The summed E-state index contributed by atoms with van der Waals surface area (Å²) in [6.07, 6.45) is -4.67. The minimum absolute atomic E-state index is 0.104. The van der Waals surface area contributed by atoms with Gasteiger partial charge in [-0.25, -0.2) is 13.1 Å². The molecule has 3 aromatic rings. The molecule has 0 bridgehead atoms. The summed E-state index contributed by atoms with van der Waals surface area (Å²) in [5, 5.41) is 9.77. The number of rotatable bonds is 5. The maximum absolute atomic E-state index is 13.7. The van der Waals surface area contributed by atoms with Crippen molar-refractivity contribution >= 4 is 27.5 Å². The molecule has 0 radical (unpaired) electrons. The molecule has 41 heavy (non-hydrogen) atoms. The van der Waals surface area contributed by atoms with Gasteiger partial charge in [0.2, 0.25) is 10.0 Å². The van der Waals surface area contributed by atoms with Crippen LogP contribution in [0.15, 0.2) is 66.7 Å². The van der Waals surface area contributed by atoms with Crippen molar-refractivity contribution in [3.05, 3.63) is 83.4 Å². The molecule has 0 spiro atoms. The number of sulfonamides is 1. The quantitative estimate of drug-likeness (QED) is 0.439. The average Bonchev–Trinajstić information content (AvgIpc) is 2.91. The minimum atomic E-state index is -4.67. The Kier molecular flexibility index (Phi) is 8.08. The average molecular weight is 590 g/mol. The van der Waals surface area contributed by atoms with E-state index in [0.717, 1.165) is 17.8 Å². The fourth-order valence-electron chi connectivity index (χ4n) is 4.27. The number of hydrogen-bond acceptors (Lipinski definition) is 6. The van der Waals surface area contributed by atoms with Crippen molar-refractivity contribution < 1.29 is 36.3 Å². The van der Waals surface area contributed by atoms with Crippen LogP contribution < -0.4 is 9.62 Å². The summed E-state index contributed by atoms with van der Waals surface area (Å²) >= 11 is 0. The molecule has 218 valence electrons. The fraction of sp³-hybridized carbons (Fsp3) is 0.310. The van der Waals surface area contributed by atoms with Crippen LogP contribution in [-0.4, -0.2) is 61.2 Å². The van der Waals surface area contributed by atoms with Crippen LogP contribution in [0.3, 0.4) is 0 Å². The number of carbonyl (C=O) groups is 2. The summed E-state index contributed by atoms with van der Waals surface area (Å²) in [6.45, 7) is 5.75. The van der Waals surface area contributed by atoms with Crippen LogP contribution in [0.2, 0.25) is 0 Å². The molecule has 2 N–H and O–H groups in total. The smallest absolute Gasteiger partial charge is 0.416 e. The zero-order valence-corrected chi connectivity index (χ0v) is 23.5. The van der Waals surface area contributed by atoms with Gasteiger partial charge in [0.05, 0.1) is 10.3 Å². The molecule has 12 heteroatoms. The number of alkyl halides is 3. The van der Waals surface area contributed by atoms with Crippen molar-refractivity contribution in [2.45, 2.75) is 31.7 Å². The first kappa shape index (κ1) is 29.9. The predicted octanol–water partition coefficient (Wildman–Crippen LogP) is 4.90. The first-order valence-electron chi connectivity index (χ1n) is 12.8. The van der Waals surface area contributed by atoms with Gasteiger partial charge in [-0.15, -0.1) is 0 Å². The van der Waals surface area contributed by atoms with Gasteiger partial charge in [0.15, 0.2) is 0 Å². The van der Waals surface area contributed by atoms with Gasteiger partial charge >= 0.3 is 6.18 Å². The highest BCUT2D eigenvalue weighted by Crippen LogP contribution is 2.34. The van der Waals surface area contributed by atoms with E-state index in [2.05, 4.69) is 4.72 Å². The maximum atomic E-state index is 13.7. The van der Waals surface area contributed by atoms with Gasteiger partial charge in [0.1, 0.15) is 5.75 Å². The van der Waals surface area contributed by atoms with E-state index in [-0.39, 0.29) is 35.5 Å². The molecule has 0 aromatic heterocycles. The third kappa shape index (κ3) is 6.82. The summed E-state index contributed by atoms with van der Waals surface area (Å²) < 4.78 is 66.4. The Morgan fingerprint density at radius 1 is 0.829 bits per heavy atom. The Balaban J connectivity index is 1.46. The summed E-state index contributed by atoms with van der Waals surface area (Å²) in [6, 6.07) is 15.3. The molecule has 1 saturated heterocycles. The molecule has 1 fully saturated rings. The van der Waals surface area contributed by atoms with Gasteiger partial charge in [-0.3, -0.25) is 9.59 Å². The number of nitrogens with zero attached hydrogens (tertiary/aromatic N) is 2. The third-order valence-corrected chi connectivity index (χ3v) is 8.85. The third-order valence-electron chi connectivity index (χ3n) is 6.78. The van der Waals surface area contributed by atoms with Crippen molar-refractivity contribution in [3.63, 3.8) is 0 Å². The number of aromatic hydroxyl groups is 1. The summed E-state index contributed by atoms with van der Waals surface area (Å²) in [5.74, 6) is -1.38. The van der Waals surface area contributed by atoms with Crippen LogP contribution in [0.25, 0.3) is 11.1 Å². The normalized spacial score (nSPS) is 14.6. The lowest BCUT2D eigenvalue weighted by Gasteiger charge is -2.36.